The highest BCUT2D eigenvalue weighted by molar-refractivity contribution is 6.30. The SMILES string of the molecule is CC(C)(C)c1ccc(N(C(=O)[C@H]2C[C@@H](O)CN2)C(CC(=O)NC2CCCCC2)c2cncc(Cl)c2)cc1. The summed E-state index contributed by atoms with van der Waals surface area (Å²) < 4.78 is 0. The number of nitrogens with one attached hydrogen (secondary N) is 2. The molecule has 1 saturated carbocycles. The summed E-state index contributed by atoms with van der Waals surface area (Å²) in [7, 11) is 0. The lowest BCUT2D eigenvalue weighted by molar-refractivity contribution is -0.123. The first-order chi connectivity index (χ1) is 17.6. The number of hydrogen-bond acceptors (Lipinski definition) is 5. The van der Waals surface area contributed by atoms with Gasteiger partial charge in [-0.1, -0.05) is 63.8 Å². The third-order valence-corrected chi connectivity index (χ3v) is 7.63. The number of halogens is 1. The zero-order chi connectivity index (χ0) is 26.6. The Morgan fingerprint density at radius 3 is 2.46 bits per heavy atom. The van der Waals surface area contributed by atoms with Gasteiger partial charge in [0.2, 0.25) is 11.8 Å². The van der Waals surface area contributed by atoms with Crippen LogP contribution in [0.2, 0.25) is 5.02 Å². The van der Waals surface area contributed by atoms with Crippen molar-refractivity contribution in [1.29, 1.82) is 0 Å². The molecule has 200 valence electrons. The summed E-state index contributed by atoms with van der Waals surface area (Å²) in [5, 5.41) is 16.9. The van der Waals surface area contributed by atoms with Crippen LogP contribution in [0.3, 0.4) is 0 Å². The Morgan fingerprint density at radius 1 is 1.16 bits per heavy atom. The lowest BCUT2D eigenvalue weighted by atomic mass is 9.87. The molecular formula is C29H39ClN4O3. The average Bonchev–Trinajstić information content (AvgIpc) is 3.30. The van der Waals surface area contributed by atoms with Crippen LogP contribution in [0, 0.1) is 0 Å². The van der Waals surface area contributed by atoms with Crippen molar-refractivity contribution in [1.82, 2.24) is 15.6 Å². The zero-order valence-corrected chi connectivity index (χ0v) is 22.8. The number of benzene rings is 1. The van der Waals surface area contributed by atoms with E-state index in [0.717, 1.165) is 31.2 Å². The van der Waals surface area contributed by atoms with Gasteiger partial charge < -0.3 is 20.6 Å². The smallest absolute Gasteiger partial charge is 0.244 e. The average molecular weight is 527 g/mol. The lowest BCUT2D eigenvalue weighted by Gasteiger charge is -2.35. The summed E-state index contributed by atoms with van der Waals surface area (Å²) in [6, 6.07) is 8.72. The number of amides is 2. The van der Waals surface area contributed by atoms with Gasteiger partial charge in [0.25, 0.3) is 0 Å². The molecule has 4 rings (SSSR count). The molecule has 7 nitrogen and oxygen atoms in total. The Morgan fingerprint density at radius 2 is 1.86 bits per heavy atom. The van der Waals surface area contributed by atoms with Crippen molar-refractivity contribution >= 4 is 29.1 Å². The van der Waals surface area contributed by atoms with E-state index in [2.05, 4.69) is 36.4 Å². The highest BCUT2D eigenvalue weighted by atomic mass is 35.5. The molecule has 1 aromatic carbocycles. The minimum Gasteiger partial charge on any atom is -0.392 e. The Balaban J connectivity index is 1.71. The van der Waals surface area contributed by atoms with Gasteiger partial charge in [0.15, 0.2) is 0 Å². The van der Waals surface area contributed by atoms with Gasteiger partial charge in [0, 0.05) is 30.7 Å². The van der Waals surface area contributed by atoms with Crippen molar-refractivity contribution in [3.63, 3.8) is 0 Å². The maximum Gasteiger partial charge on any atom is 0.244 e. The number of pyridine rings is 1. The van der Waals surface area contributed by atoms with Gasteiger partial charge in [-0.15, -0.1) is 0 Å². The molecule has 2 aromatic rings. The second kappa shape index (κ2) is 11.9. The first-order valence-electron chi connectivity index (χ1n) is 13.4. The van der Waals surface area contributed by atoms with Crippen molar-refractivity contribution in [2.75, 3.05) is 11.4 Å². The van der Waals surface area contributed by atoms with E-state index in [1.54, 1.807) is 23.4 Å². The number of carbonyl (C=O) groups excluding carboxylic acids is 2. The van der Waals surface area contributed by atoms with Crippen molar-refractivity contribution in [2.45, 2.75) is 95.4 Å². The predicted octanol–water partition coefficient (Wildman–Crippen LogP) is 4.67. The maximum absolute atomic E-state index is 14.0. The van der Waals surface area contributed by atoms with Crippen LogP contribution in [0.4, 0.5) is 5.69 Å². The normalized spacial score (nSPS) is 21.4. The standard InChI is InChI=1S/C29H39ClN4O3/c1-29(2,3)20-9-11-23(12-10-20)34(28(37)25-14-24(35)18-32-25)26(19-13-21(30)17-31-16-19)15-27(36)33-22-7-5-4-6-8-22/h9-13,16-17,22,24-26,32,35H,4-8,14-15,18H2,1-3H3,(H,33,36)/t24-,25-,26?/m1/s1. The van der Waals surface area contributed by atoms with Gasteiger partial charge in [-0.05, 0) is 54.0 Å². The number of nitrogens with zero attached hydrogens (tertiary/aromatic N) is 2. The number of carbonyl (C=O) groups is 2. The molecule has 2 heterocycles. The fourth-order valence-electron chi connectivity index (χ4n) is 5.33. The fourth-order valence-corrected chi connectivity index (χ4v) is 5.52. The molecule has 3 atom stereocenters. The highest BCUT2D eigenvalue weighted by Gasteiger charge is 2.37. The second-order valence-corrected chi connectivity index (χ2v) is 11.9. The van der Waals surface area contributed by atoms with Crippen LogP contribution in [0.5, 0.6) is 0 Å². The number of aliphatic hydroxyl groups excluding tert-OH is 1. The second-order valence-electron chi connectivity index (χ2n) is 11.4. The van der Waals surface area contributed by atoms with Crippen molar-refractivity contribution < 1.29 is 14.7 Å². The number of aromatic nitrogens is 1. The third kappa shape index (κ3) is 7.09. The molecule has 1 aliphatic carbocycles. The molecule has 1 aliphatic heterocycles. The summed E-state index contributed by atoms with van der Waals surface area (Å²) in [4.78, 5) is 33.3. The minimum absolute atomic E-state index is 0.0410. The number of β-amino-alcohol motifs (C(OH)–C–C–N with tert-alkyl or cyclic N) is 1. The molecule has 2 amide bonds. The molecule has 2 fully saturated rings. The maximum atomic E-state index is 14.0. The Kier molecular flexibility index (Phi) is 8.88. The summed E-state index contributed by atoms with van der Waals surface area (Å²) >= 11 is 6.32. The Labute approximate surface area is 225 Å². The van der Waals surface area contributed by atoms with Crippen molar-refractivity contribution in [3.05, 3.63) is 58.9 Å². The van der Waals surface area contributed by atoms with Gasteiger partial charge in [0.05, 0.1) is 29.6 Å². The summed E-state index contributed by atoms with van der Waals surface area (Å²) in [6.45, 7) is 6.79. The summed E-state index contributed by atoms with van der Waals surface area (Å²) in [6.07, 6.45) is 8.45. The summed E-state index contributed by atoms with van der Waals surface area (Å²) in [5.74, 6) is -0.282. The van der Waals surface area contributed by atoms with E-state index in [9.17, 15) is 14.7 Å². The molecule has 1 unspecified atom stereocenters. The molecule has 1 aromatic heterocycles. The Hall–Kier alpha value is -2.48. The topological polar surface area (TPSA) is 94.6 Å². The van der Waals surface area contributed by atoms with Crippen LogP contribution in [-0.2, 0) is 15.0 Å². The van der Waals surface area contributed by atoms with Crippen LogP contribution in [-0.4, -0.2) is 46.6 Å². The van der Waals surface area contributed by atoms with Gasteiger partial charge in [-0.25, -0.2) is 0 Å². The van der Waals surface area contributed by atoms with E-state index in [1.165, 1.54) is 6.42 Å². The van der Waals surface area contributed by atoms with E-state index in [0.29, 0.717) is 29.2 Å². The first kappa shape index (κ1) is 27.6. The first-order valence-corrected chi connectivity index (χ1v) is 13.7. The van der Waals surface area contributed by atoms with Crippen LogP contribution >= 0.6 is 11.6 Å². The fraction of sp³-hybridized carbons (Fsp3) is 0.552. The van der Waals surface area contributed by atoms with E-state index >= 15 is 0 Å². The summed E-state index contributed by atoms with van der Waals surface area (Å²) in [5.41, 5.74) is 2.49. The van der Waals surface area contributed by atoms with Crippen molar-refractivity contribution in [3.8, 4) is 0 Å². The zero-order valence-electron chi connectivity index (χ0n) is 22.0. The number of anilines is 1. The lowest BCUT2D eigenvalue weighted by Crippen LogP contribution is -2.47. The predicted molar refractivity (Wildman–Crippen MR) is 147 cm³/mol. The molecule has 0 bridgehead atoms. The minimum atomic E-state index is -0.609. The number of hydrogen-bond donors (Lipinski definition) is 3. The largest absolute Gasteiger partial charge is 0.392 e. The monoisotopic (exact) mass is 526 g/mol. The molecule has 8 heteroatoms. The van der Waals surface area contributed by atoms with E-state index in [-0.39, 0.29) is 29.7 Å². The van der Waals surface area contributed by atoms with Crippen LogP contribution in [0.1, 0.15) is 82.9 Å². The van der Waals surface area contributed by atoms with Gasteiger partial charge >= 0.3 is 0 Å². The highest BCUT2D eigenvalue weighted by Crippen LogP contribution is 2.34. The van der Waals surface area contributed by atoms with Gasteiger partial charge in [-0.3, -0.25) is 14.6 Å². The van der Waals surface area contributed by atoms with E-state index in [1.807, 2.05) is 24.3 Å². The molecule has 0 spiro atoms. The van der Waals surface area contributed by atoms with Crippen LogP contribution in [0.15, 0.2) is 42.7 Å². The molecular weight excluding hydrogens is 488 g/mol. The quantitative estimate of drug-likeness (QED) is 0.487. The third-order valence-electron chi connectivity index (χ3n) is 7.43. The van der Waals surface area contributed by atoms with Gasteiger partial charge in [0.1, 0.15) is 0 Å². The van der Waals surface area contributed by atoms with E-state index in [4.69, 9.17) is 11.6 Å². The number of aliphatic hydroxyl groups is 1. The molecule has 0 radical (unpaired) electrons. The Bertz CT molecular complexity index is 1080. The molecule has 2 aliphatic rings. The number of rotatable bonds is 7. The van der Waals surface area contributed by atoms with Gasteiger partial charge in [-0.2, -0.15) is 0 Å². The molecule has 1 saturated heterocycles. The molecule has 37 heavy (non-hydrogen) atoms. The van der Waals surface area contributed by atoms with Crippen LogP contribution in [0.25, 0.3) is 0 Å². The van der Waals surface area contributed by atoms with E-state index < -0.39 is 18.2 Å². The molecule has 3 N–H and O–H groups in total. The van der Waals surface area contributed by atoms with Crippen LogP contribution < -0.4 is 15.5 Å². The van der Waals surface area contributed by atoms with Crippen molar-refractivity contribution in [2.24, 2.45) is 0 Å².